The second kappa shape index (κ2) is 4.72. The summed E-state index contributed by atoms with van der Waals surface area (Å²) in [5.74, 6) is 0. The molecular formula is C10H14N2O. The summed E-state index contributed by atoms with van der Waals surface area (Å²) in [6.07, 6.45) is 4.25. The maximum atomic E-state index is 9.66. The van der Waals surface area contributed by atoms with Crippen molar-refractivity contribution in [1.29, 1.82) is 0 Å². The largest absolute Gasteiger partial charge is 0.388 e. The molecule has 3 nitrogen and oxygen atoms in total. The highest BCUT2D eigenvalue weighted by Crippen LogP contribution is 2.18. The first kappa shape index (κ1) is 9.86. The van der Waals surface area contributed by atoms with E-state index in [1.807, 2.05) is 6.92 Å². The van der Waals surface area contributed by atoms with Gasteiger partial charge in [-0.25, -0.2) is 0 Å². The molecule has 13 heavy (non-hydrogen) atoms. The lowest BCUT2D eigenvalue weighted by atomic mass is 10.1. The van der Waals surface area contributed by atoms with Crippen molar-refractivity contribution >= 4 is 0 Å². The van der Waals surface area contributed by atoms with E-state index in [0.717, 1.165) is 17.6 Å². The van der Waals surface area contributed by atoms with E-state index < -0.39 is 6.10 Å². The van der Waals surface area contributed by atoms with Crippen molar-refractivity contribution in [3.05, 3.63) is 36.2 Å². The fraction of sp³-hybridized carbons (Fsp3) is 0.400. The van der Waals surface area contributed by atoms with E-state index in [0.29, 0.717) is 6.42 Å². The minimum Gasteiger partial charge on any atom is -0.388 e. The van der Waals surface area contributed by atoms with Crippen molar-refractivity contribution in [2.45, 2.75) is 25.9 Å². The van der Waals surface area contributed by atoms with E-state index in [2.05, 4.69) is 16.8 Å². The zero-order chi connectivity index (χ0) is 9.68. The molecule has 0 aliphatic carbocycles. The zero-order valence-corrected chi connectivity index (χ0v) is 7.77. The molecule has 1 rings (SSSR count). The fourth-order valence-corrected chi connectivity index (χ4v) is 1.05. The fourth-order valence-electron chi connectivity index (χ4n) is 1.05. The molecule has 0 aliphatic rings. The van der Waals surface area contributed by atoms with Gasteiger partial charge in [-0.2, -0.15) is 10.2 Å². The summed E-state index contributed by atoms with van der Waals surface area (Å²) in [4.78, 5) is 0. The molecular weight excluding hydrogens is 164 g/mol. The Hall–Kier alpha value is -1.22. The predicted octanol–water partition coefficient (Wildman–Crippen LogP) is 1.87. The van der Waals surface area contributed by atoms with Crippen molar-refractivity contribution in [1.82, 2.24) is 10.2 Å². The van der Waals surface area contributed by atoms with Crippen LogP contribution in [0.5, 0.6) is 0 Å². The lowest BCUT2D eigenvalue weighted by Gasteiger charge is -2.09. The SMILES string of the molecule is C=C(C)CCC(O)c1ccnnc1. The molecule has 0 amide bonds. The first-order valence-corrected chi connectivity index (χ1v) is 4.29. The van der Waals surface area contributed by atoms with E-state index in [1.165, 1.54) is 0 Å². The van der Waals surface area contributed by atoms with Crippen molar-refractivity contribution in [3.63, 3.8) is 0 Å². The number of rotatable bonds is 4. The van der Waals surface area contributed by atoms with Gasteiger partial charge in [0.15, 0.2) is 0 Å². The Morgan fingerprint density at radius 2 is 2.38 bits per heavy atom. The van der Waals surface area contributed by atoms with Gasteiger partial charge < -0.3 is 5.11 Å². The van der Waals surface area contributed by atoms with Gasteiger partial charge in [0, 0.05) is 11.8 Å². The summed E-state index contributed by atoms with van der Waals surface area (Å²) in [5.41, 5.74) is 1.90. The smallest absolute Gasteiger partial charge is 0.0809 e. The van der Waals surface area contributed by atoms with E-state index in [-0.39, 0.29) is 0 Å². The molecule has 1 unspecified atom stereocenters. The summed E-state index contributed by atoms with van der Waals surface area (Å²) in [5, 5.41) is 17.0. The van der Waals surface area contributed by atoms with Crippen molar-refractivity contribution in [3.8, 4) is 0 Å². The average Bonchev–Trinajstić information content (AvgIpc) is 2.15. The van der Waals surface area contributed by atoms with Crippen LogP contribution in [0.15, 0.2) is 30.6 Å². The standard InChI is InChI=1S/C10H14N2O/c1-8(2)3-4-10(13)9-5-6-11-12-7-9/h5-7,10,13H,1,3-4H2,2H3. The highest BCUT2D eigenvalue weighted by molar-refractivity contribution is 5.09. The molecule has 3 heteroatoms. The minimum absolute atomic E-state index is 0.452. The molecule has 1 N–H and O–H groups in total. The number of hydrogen-bond acceptors (Lipinski definition) is 3. The van der Waals surface area contributed by atoms with Crippen molar-refractivity contribution in [2.24, 2.45) is 0 Å². The Balaban J connectivity index is 2.49. The molecule has 1 atom stereocenters. The zero-order valence-electron chi connectivity index (χ0n) is 7.77. The third-order valence-electron chi connectivity index (χ3n) is 1.84. The number of aromatic nitrogens is 2. The molecule has 1 heterocycles. The van der Waals surface area contributed by atoms with Crippen LogP contribution < -0.4 is 0 Å². The Morgan fingerprint density at radius 3 is 2.92 bits per heavy atom. The number of aliphatic hydroxyl groups excluding tert-OH is 1. The van der Waals surface area contributed by atoms with Crippen molar-refractivity contribution in [2.75, 3.05) is 0 Å². The van der Waals surface area contributed by atoms with Crippen LogP contribution in [0.2, 0.25) is 0 Å². The van der Waals surface area contributed by atoms with E-state index in [1.54, 1.807) is 18.5 Å². The minimum atomic E-state index is -0.452. The maximum Gasteiger partial charge on any atom is 0.0809 e. The number of hydrogen-bond donors (Lipinski definition) is 1. The van der Waals surface area contributed by atoms with Crippen LogP contribution in [0.3, 0.4) is 0 Å². The maximum absolute atomic E-state index is 9.66. The molecule has 0 fully saturated rings. The van der Waals surface area contributed by atoms with Crippen LogP contribution >= 0.6 is 0 Å². The van der Waals surface area contributed by atoms with E-state index in [9.17, 15) is 5.11 Å². The molecule has 1 aromatic rings. The second-order valence-corrected chi connectivity index (χ2v) is 3.19. The van der Waals surface area contributed by atoms with Gasteiger partial charge in [0.05, 0.1) is 12.3 Å². The molecule has 0 aliphatic heterocycles. The van der Waals surface area contributed by atoms with Crippen LogP contribution in [0.25, 0.3) is 0 Å². The van der Waals surface area contributed by atoms with Gasteiger partial charge in [-0.1, -0.05) is 5.57 Å². The molecule has 0 bridgehead atoms. The third kappa shape index (κ3) is 3.34. The summed E-state index contributed by atoms with van der Waals surface area (Å²) >= 11 is 0. The Morgan fingerprint density at radius 1 is 1.62 bits per heavy atom. The van der Waals surface area contributed by atoms with Gasteiger partial charge in [-0.3, -0.25) is 0 Å². The second-order valence-electron chi connectivity index (χ2n) is 3.19. The van der Waals surface area contributed by atoms with Crippen LogP contribution in [-0.2, 0) is 0 Å². The molecule has 0 aromatic carbocycles. The topological polar surface area (TPSA) is 46.0 Å². The molecule has 1 aromatic heterocycles. The average molecular weight is 178 g/mol. The van der Waals surface area contributed by atoms with Crippen LogP contribution in [0, 0.1) is 0 Å². The number of allylic oxidation sites excluding steroid dienone is 1. The quantitative estimate of drug-likeness (QED) is 0.716. The first-order chi connectivity index (χ1) is 6.20. The van der Waals surface area contributed by atoms with Crippen LogP contribution in [0.4, 0.5) is 0 Å². The highest BCUT2D eigenvalue weighted by atomic mass is 16.3. The summed E-state index contributed by atoms with van der Waals surface area (Å²) < 4.78 is 0. The molecule has 0 spiro atoms. The van der Waals surface area contributed by atoms with Crippen molar-refractivity contribution < 1.29 is 5.11 Å². The Kier molecular flexibility index (Phi) is 3.58. The molecule has 0 saturated carbocycles. The lowest BCUT2D eigenvalue weighted by molar-refractivity contribution is 0.167. The summed E-state index contributed by atoms with van der Waals surface area (Å²) in [6.45, 7) is 5.74. The van der Waals surface area contributed by atoms with Gasteiger partial charge in [0.2, 0.25) is 0 Å². The lowest BCUT2D eigenvalue weighted by Crippen LogP contribution is -1.98. The van der Waals surface area contributed by atoms with Crippen LogP contribution in [0.1, 0.15) is 31.4 Å². The van der Waals surface area contributed by atoms with Gasteiger partial charge in [-0.05, 0) is 25.8 Å². The number of aliphatic hydroxyl groups is 1. The summed E-state index contributed by atoms with van der Waals surface area (Å²) in [7, 11) is 0. The molecule has 0 radical (unpaired) electrons. The number of nitrogens with zero attached hydrogens (tertiary/aromatic N) is 2. The van der Waals surface area contributed by atoms with Gasteiger partial charge >= 0.3 is 0 Å². The highest BCUT2D eigenvalue weighted by Gasteiger charge is 2.06. The van der Waals surface area contributed by atoms with Gasteiger partial charge in [0.25, 0.3) is 0 Å². The molecule has 0 saturated heterocycles. The Labute approximate surface area is 78.1 Å². The third-order valence-corrected chi connectivity index (χ3v) is 1.84. The summed E-state index contributed by atoms with van der Waals surface area (Å²) in [6, 6.07) is 1.77. The monoisotopic (exact) mass is 178 g/mol. The van der Waals surface area contributed by atoms with Gasteiger partial charge in [-0.15, -0.1) is 6.58 Å². The van der Waals surface area contributed by atoms with E-state index >= 15 is 0 Å². The normalized spacial score (nSPS) is 12.5. The van der Waals surface area contributed by atoms with Gasteiger partial charge in [0.1, 0.15) is 0 Å². The van der Waals surface area contributed by atoms with Crippen LogP contribution in [-0.4, -0.2) is 15.3 Å². The first-order valence-electron chi connectivity index (χ1n) is 4.29. The van der Waals surface area contributed by atoms with E-state index in [4.69, 9.17) is 0 Å². The molecule has 70 valence electrons. The Bertz CT molecular complexity index is 272. The predicted molar refractivity (Wildman–Crippen MR) is 51.0 cm³/mol.